The first-order valence-corrected chi connectivity index (χ1v) is 8.09. The number of carbonyl (C=O) groups is 1. The van der Waals surface area contributed by atoms with Crippen LogP contribution in [0.1, 0.15) is 73.1 Å². The van der Waals surface area contributed by atoms with E-state index in [1.807, 2.05) is 0 Å². The van der Waals surface area contributed by atoms with E-state index >= 15 is 0 Å². The summed E-state index contributed by atoms with van der Waals surface area (Å²) in [7, 11) is 0. The van der Waals surface area contributed by atoms with Gasteiger partial charge in [-0.1, -0.05) is 27.7 Å². The average Bonchev–Trinajstić information content (AvgIpc) is 2.06. The molecule has 3 nitrogen and oxygen atoms in total. The predicted octanol–water partition coefficient (Wildman–Crippen LogP) is 3.23. The van der Waals surface area contributed by atoms with Crippen molar-refractivity contribution in [1.82, 2.24) is 5.32 Å². The molecule has 0 saturated heterocycles. The largest absolute Gasteiger partial charge is 0.351 e. The normalized spacial score (nSPS) is 41.3. The van der Waals surface area contributed by atoms with E-state index in [9.17, 15) is 4.79 Å². The molecule has 0 aromatic carbocycles. The molecule has 0 aromatic rings. The fourth-order valence-corrected chi connectivity index (χ4v) is 4.81. The lowest BCUT2D eigenvalue weighted by Gasteiger charge is -2.53. The fourth-order valence-electron chi connectivity index (χ4n) is 4.81. The Hall–Kier alpha value is -0.570. The van der Waals surface area contributed by atoms with Crippen LogP contribution in [0.4, 0.5) is 0 Å². The van der Waals surface area contributed by atoms with Crippen LogP contribution in [-0.2, 0) is 4.79 Å². The molecule has 2 rings (SSSR count). The summed E-state index contributed by atoms with van der Waals surface area (Å²) in [6.07, 6.45) is 6.11. The number of hydrogen-bond donors (Lipinski definition) is 2. The number of rotatable bonds is 2. The fraction of sp³-hybridized carbons (Fsp3) is 0.941. The highest BCUT2D eigenvalue weighted by molar-refractivity contribution is 5.77. The highest BCUT2D eigenvalue weighted by Gasteiger charge is 2.49. The first kappa shape index (κ1) is 15.8. The topological polar surface area (TPSA) is 55.1 Å². The summed E-state index contributed by atoms with van der Waals surface area (Å²) < 4.78 is 0. The van der Waals surface area contributed by atoms with Crippen molar-refractivity contribution in [3.8, 4) is 0 Å². The Morgan fingerprint density at radius 3 is 2.55 bits per heavy atom. The molecular weight excluding hydrogens is 248 g/mol. The summed E-state index contributed by atoms with van der Waals surface area (Å²) in [5, 5.41) is 3.39. The van der Waals surface area contributed by atoms with Gasteiger partial charge < -0.3 is 11.1 Å². The van der Waals surface area contributed by atoms with Crippen molar-refractivity contribution in [1.29, 1.82) is 0 Å². The van der Waals surface area contributed by atoms with E-state index < -0.39 is 0 Å². The van der Waals surface area contributed by atoms with Gasteiger partial charge in [0.2, 0.25) is 5.91 Å². The summed E-state index contributed by atoms with van der Waals surface area (Å²) >= 11 is 0. The molecule has 3 heteroatoms. The standard InChI is InChI=1S/C17H32N2O/c1-12-6-13-8-16(5,18)11-17(7-12,9-13)19-14(20)10-15(2,3)4/h12-13H,6-11,18H2,1-5H3,(H,19,20). The zero-order valence-corrected chi connectivity index (χ0v) is 13.9. The maximum Gasteiger partial charge on any atom is 0.220 e. The van der Waals surface area contributed by atoms with Crippen LogP contribution in [0.15, 0.2) is 0 Å². The Balaban J connectivity index is 2.11. The Kier molecular flexibility index (Phi) is 3.96. The van der Waals surface area contributed by atoms with Crippen LogP contribution in [-0.4, -0.2) is 17.0 Å². The SMILES string of the molecule is CC1CC2CC(C)(N)CC(NC(=O)CC(C)(C)C)(C1)C2. The Bertz CT molecular complexity index is 379. The van der Waals surface area contributed by atoms with Crippen LogP contribution in [0.2, 0.25) is 0 Å². The molecule has 2 aliphatic carbocycles. The molecule has 0 heterocycles. The Morgan fingerprint density at radius 1 is 1.30 bits per heavy atom. The van der Waals surface area contributed by atoms with Crippen LogP contribution in [0.5, 0.6) is 0 Å². The van der Waals surface area contributed by atoms with Gasteiger partial charge in [0, 0.05) is 17.5 Å². The number of nitrogens with two attached hydrogens (primary N) is 1. The molecule has 0 radical (unpaired) electrons. The first-order valence-electron chi connectivity index (χ1n) is 8.09. The van der Waals surface area contributed by atoms with Crippen molar-refractivity contribution >= 4 is 5.91 Å². The minimum absolute atomic E-state index is 0.0428. The van der Waals surface area contributed by atoms with Gasteiger partial charge in [-0.2, -0.15) is 0 Å². The molecule has 2 aliphatic rings. The quantitative estimate of drug-likeness (QED) is 0.816. The molecular formula is C17H32N2O. The molecule has 3 N–H and O–H groups in total. The van der Waals surface area contributed by atoms with E-state index in [0.717, 1.165) is 25.7 Å². The second kappa shape index (κ2) is 5.01. The molecule has 0 spiro atoms. The molecule has 116 valence electrons. The third kappa shape index (κ3) is 3.97. The molecule has 20 heavy (non-hydrogen) atoms. The molecule has 2 fully saturated rings. The van der Waals surface area contributed by atoms with Gasteiger partial charge in [0.05, 0.1) is 0 Å². The molecule has 0 aliphatic heterocycles. The van der Waals surface area contributed by atoms with Crippen LogP contribution in [0.25, 0.3) is 0 Å². The number of nitrogens with one attached hydrogen (secondary N) is 1. The number of fused-ring (bicyclic) bond motifs is 2. The van der Waals surface area contributed by atoms with Crippen molar-refractivity contribution in [2.75, 3.05) is 0 Å². The Labute approximate surface area is 124 Å². The van der Waals surface area contributed by atoms with E-state index in [4.69, 9.17) is 5.73 Å². The van der Waals surface area contributed by atoms with Crippen molar-refractivity contribution < 1.29 is 4.79 Å². The van der Waals surface area contributed by atoms with Gasteiger partial charge in [0.25, 0.3) is 0 Å². The van der Waals surface area contributed by atoms with Crippen molar-refractivity contribution in [3.05, 3.63) is 0 Å². The van der Waals surface area contributed by atoms with Gasteiger partial charge in [-0.05, 0) is 56.3 Å². The zero-order chi connectivity index (χ0) is 15.2. The van der Waals surface area contributed by atoms with Gasteiger partial charge in [-0.25, -0.2) is 0 Å². The summed E-state index contributed by atoms with van der Waals surface area (Å²) in [4.78, 5) is 12.4. The van der Waals surface area contributed by atoms with Crippen molar-refractivity contribution in [3.63, 3.8) is 0 Å². The monoisotopic (exact) mass is 280 g/mol. The van der Waals surface area contributed by atoms with Crippen LogP contribution >= 0.6 is 0 Å². The zero-order valence-electron chi connectivity index (χ0n) is 13.9. The van der Waals surface area contributed by atoms with Crippen molar-refractivity contribution in [2.45, 2.75) is 84.2 Å². The highest BCUT2D eigenvalue weighted by Crippen LogP contribution is 2.48. The minimum Gasteiger partial charge on any atom is -0.351 e. The average molecular weight is 280 g/mol. The van der Waals surface area contributed by atoms with Crippen molar-refractivity contribution in [2.24, 2.45) is 23.0 Å². The summed E-state index contributed by atoms with van der Waals surface area (Å²) in [5.41, 5.74) is 6.32. The van der Waals surface area contributed by atoms with Crippen LogP contribution in [0, 0.1) is 17.3 Å². The second-order valence-corrected chi connectivity index (χ2v) is 9.22. The van der Waals surface area contributed by atoms with E-state index in [1.54, 1.807) is 0 Å². The van der Waals surface area contributed by atoms with E-state index in [0.29, 0.717) is 18.3 Å². The molecule has 0 aromatic heterocycles. The number of amides is 1. The lowest BCUT2D eigenvalue weighted by atomic mass is 9.59. The third-order valence-electron chi connectivity index (χ3n) is 4.75. The smallest absolute Gasteiger partial charge is 0.220 e. The third-order valence-corrected chi connectivity index (χ3v) is 4.75. The Morgan fingerprint density at radius 2 is 1.95 bits per heavy atom. The number of hydrogen-bond acceptors (Lipinski definition) is 2. The lowest BCUT2D eigenvalue weighted by molar-refractivity contribution is -0.126. The maximum atomic E-state index is 12.4. The summed E-state index contributed by atoms with van der Waals surface area (Å²) in [6, 6.07) is 0. The van der Waals surface area contributed by atoms with E-state index in [-0.39, 0.29) is 22.4 Å². The molecule has 2 bridgehead atoms. The van der Waals surface area contributed by atoms with E-state index in [2.05, 4.69) is 39.9 Å². The van der Waals surface area contributed by atoms with Gasteiger partial charge in [-0.15, -0.1) is 0 Å². The highest BCUT2D eigenvalue weighted by atomic mass is 16.1. The number of carbonyl (C=O) groups excluding carboxylic acids is 1. The maximum absolute atomic E-state index is 12.4. The molecule has 4 atom stereocenters. The molecule has 1 amide bonds. The first-order chi connectivity index (χ1) is 8.99. The second-order valence-electron chi connectivity index (χ2n) is 9.22. The van der Waals surface area contributed by atoms with Gasteiger partial charge in [0.15, 0.2) is 0 Å². The molecule has 4 unspecified atom stereocenters. The van der Waals surface area contributed by atoms with Crippen LogP contribution < -0.4 is 11.1 Å². The van der Waals surface area contributed by atoms with Gasteiger partial charge in [0.1, 0.15) is 0 Å². The lowest BCUT2D eigenvalue weighted by Crippen LogP contribution is -2.62. The van der Waals surface area contributed by atoms with Gasteiger partial charge >= 0.3 is 0 Å². The van der Waals surface area contributed by atoms with Gasteiger partial charge in [-0.3, -0.25) is 4.79 Å². The minimum atomic E-state index is -0.127. The summed E-state index contributed by atoms with van der Waals surface area (Å²) in [6.45, 7) is 10.8. The molecule has 2 saturated carbocycles. The van der Waals surface area contributed by atoms with Crippen LogP contribution in [0.3, 0.4) is 0 Å². The predicted molar refractivity (Wildman–Crippen MR) is 83.3 cm³/mol. The summed E-state index contributed by atoms with van der Waals surface area (Å²) in [5.74, 6) is 1.57. The van der Waals surface area contributed by atoms with E-state index in [1.165, 1.54) is 6.42 Å².